The number of amides is 1. The van der Waals surface area contributed by atoms with Crippen LogP contribution in [0.1, 0.15) is 19.8 Å². The van der Waals surface area contributed by atoms with Gasteiger partial charge in [-0.2, -0.15) is 4.99 Å². The van der Waals surface area contributed by atoms with Gasteiger partial charge in [-0.3, -0.25) is 4.79 Å². The van der Waals surface area contributed by atoms with Crippen molar-refractivity contribution in [2.45, 2.75) is 31.1 Å². The maximum absolute atomic E-state index is 12.1. The molecule has 1 aromatic rings. The van der Waals surface area contributed by atoms with Crippen LogP contribution in [0.5, 0.6) is 11.5 Å². The molecule has 0 bridgehead atoms. The molecule has 0 saturated carbocycles. The third-order valence-corrected chi connectivity index (χ3v) is 7.61. The fourth-order valence-corrected chi connectivity index (χ4v) is 7.13. The summed E-state index contributed by atoms with van der Waals surface area (Å²) in [5, 5.41) is 0.400. The number of hydrogen-bond acceptors (Lipinski definition) is 6. The minimum Gasteiger partial charge on any atom is -0.497 e. The number of amidine groups is 1. The van der Waals surface area contributed by atoms with Crippen LogP contribution in [-0.2, 0) is 14.6 Å². The van der Waals surface area contributed by atoms with E-state index in [0.29, 0.717) is 35.2 Å². The maximum atomic E-state index is 12.1. The van der Waals surface area contributed by atoms with Gasteiger partial charge in [0.05, 0.1) is 37.5 Å². The van der Waals surface area contributed by atoms with E-state index in [1.54, 1.807) is 26.4 Å². The third kappa shape index (κ3) is 3.68. The van der Waals surface area contributed by atoms with Gasteiger partial charge in [0, 0.05) is 17.7 Å². The number of rotatable bonds is 5. The zero-order chi connectivity index (χ0) is 18.9. The zero-order valence-corrected chi connectivity index (χ0v) is 16.6. The number of aliphatic imine (C=N–C) groups is 1. The van der Waals surface area contributed by atoms with Gasteiger partial charge in [0.15, 0.2) is 15.0 Å². The number of nitrogens with zero attached hydrogens (tertiary/aromatic N) is 2. The predicted octanol–water partition coefficient (Wildman–Crippen LogP) is 2.11. The molecule has 1 aromatic carbocycles. The molecule has 0 aromatic heterocycles. The Morgan fingerprint density at radius 1 is 1.31 bits per heavy atom. The molecule has 0 spiro atoms. The molecule has 2 heterocycles. The van der Waals surface area contributed by atoms with E-state index in [4.69, 9.17) is 9.47 Å². The van der Waals surface area contributed by atoms with Crippen LogP contribution in [0.3, 0.4) is 0 Å². The lowest BCUT2D eigenvalue weighted by molar-refractivity contribution is -0.117. The van der Waals surface area contributed by atoms with Crippen LogP contribution in [0.15, 0.2) is 23.2 Å². The number of thioether (sulfide) groups is 1. The monoisotopic (exact) mass is 398 g/mol. The number of fused-ring (bicyclic) bond motifs is 1. The summed E-state index contributed by atoms with van der Waals surface area (Å²) in [5.41, 5.74) is 0.688. The van der Waals surface area contributed by atoms with Crippen LogP contribution in [0, 0.1) is 0 Å². The van der Waals surface area contributed by atoms with Gasteiger partial charge in [-0.1, -0.05) is 18.7 Å². The van der Waals surface area contributed by atoms with Gasteiger partial charge in [0.2, 0.25) is 5.91 Å². The van der Waals surface area contributed by atoms with E-state index in [2.05, 4.69) is 4.99 Å². The highest BCUT2D eigenvalue weighted by Gasteiger charge is 2.50. The second kappa shape index (κ2) is 7.48. The van der Waals surface area contributed by atoms with Gasteiger partial charge in [-0.05, 0) is 18.6 Å². The number of anilines is 1. The quantitative estimate of drug-likeness (QED) is 0.751. The SMILES string of the molecule is CCCC(=O)N=C1S[C@H]2CS(=O)(=O)C[C@@H]2N1c1ccc(OC)cc1OC. The largest absolute Gasteiger partial charge is 0.497 e. The first kappa shape index (κ1) is 19.0. The highest BCUT2D eigenvalue weighted by molar-refractivity contribution is 8.16. The van der Waals surface area contributed by atoms with Crippen molar-refractivity contribution in [2.75, 3.05) is 30.6 Å². The maximum Gasteiger partial charge on any atom is 0.248 e. The van der Waals surface area contributed by atoms with E-state index >= 15 is 0 Å². The van der Waals surface area contributed by atoms with E-state index in [0.717, 1.165) is 0 Å². The van der Waals surface area contributed by atoms with Gasteiger partial charge >= 0.3 is 0 Å². The highest BCUT2D eigenvalue weighted by Crippen LogP contribution is 2.44. The summed E-state index contributed by atoms with van der Waals surface area (Å²) < 4.78 is 34.9. The molecule has 2 aliphatic rings. The topological polar surface area (TPSA) is 85.3 Å². The van der Waals surface area contributed by atoms with E-state index in [1.165, 1.54) is 11.8 Å². The molecule has 2 aliphatic heterocycles. The first-order chi connectivity index (χ1) is 12.4. The van der Waals surface area contributed by atoms with Crippen molar-refractivity contribution in [3.63, 3.8) is 0 Å². The Morgan fingerprint density at radius 3 is 2.73 bits per heavy atom. The minimum absolute atomic E-state index is 0.0425. The molecule has 26 heavy (non-hydrogen) atoms. The summed E-state index contributed by atoms with van der Waals surface area (Å²) >= 11 is 1.36. The van der Waals surface area contributed by atoms with Crippen LogP contribution in [0.2, 0.25) is 0 Å². The molecular weight excluding hydrogens is 376 g/mol. The van der Waals surface area contributed by atoms with Crippen LogP contribution < -0.4 is 14.4 Å². The van der Waals surface area contributed by atoms with Crippen LogP contribution in [0.4, 0.5) is 5.69 Å². The molecule has 0 unspecified atom stereocenters. The van der Waals surface area contributed by atoms with Crippen LogP contribution >= 0.6 is 11.8 Å². The van der Waals surface area contributed by atoms with Gasteiger partial charge in [-0.15, -0.1) is 0 Å². The second-order valence-corrected chi connectivity index (χ2v) is 9.61. The summed E-state index contributed by atoms with van der Waals surface area (Å²) in [6.07, 6.45) is 1.08. The number of benzene rings is 1. The molecule has 9 heteroatoms. The molecule has 0 N–H and O–H groups in total. The number of methoxy groups -OCH3 is 2. The van der Waals surface area contributed by atoms with E-state index < -0.39 is 9.84 Å². The van der Waals surface area contributed by atoms with E-state index in [-0.39, 0.29) is 28.7 Å². The summed E-state index contributed by atoms with van der Waals surface area (Å²) in [4.78, 5) is 18.2. The fourth-order valence-electron chi connectivity index (χ4n) is 3.21. The Balaban J connectivity index is 2.05. The average Bonchev–Trinajstić information content (AvgIpc) is 3.05. The molecule has 2 saturated heterocycles. The summed E-state index contributed by atoms with van der Waals surface area (Å²) in [7, 11) is 0.00169. The predicted molar refractivity (Wildman–Crippen MR) is 103 cm³/mol. The fraction of sp³-hybridized carbons (Fsp3) is 0.529. The Labute approximate surface area is 157 Å². The van der Waals surface area contributed by atoms with Crippen LogP contribution in [-0.4, -0.2) is 56.5 Å². The number of hydrogen-bond donors (Lipinski definition) is 0. The van der Waals surface area contributed by atoms with Crippen molar-refractivity contribution in [1.82, 2.24) is 0 Å². The first-order valence-electron chi connectivity index (χ1n) is 8.38. The number of ether oxygens (including phenoxy) is 2. The number of carbonyl (C=O) groups is 1. The molecule has 0 radical (unpaired) electrons. The van der Waals surface area contributed by atoms with Crippen molar-refractivity contribution in [2.24, 2.45) is 4.99 Å². The molecule has 2 atom stereocenters. The van der Waals surface area contributed by atoms with Crippen molar-refractivity contribution in [3.05, 3.63) is 18.2 Å². The van der Waals surface area contributed by atoms with Crippen molar-refractivity contribution < 1.29 is 22.7 Å². The van der Waals surface area contributed by atoms with E-state index in [9.17, 15) is 13.2 Å². The molecule has 7 nitrogen and oxygen atoms in total. The Kier molecular flexibility index (Phi) is 5.47. The van der Waals surface area contributed by atoms with Gasteiger partial charge in [0.1, 0.15) is 11.5 Å². The average molecular weight is 399 g/mol. The summed E-state index contributed by atoms with van der Waals surface area (Å²) in [6, 6.07) is 5.07. The van der Waals surface area contributed by atoms with Gasteiger partial charge in [-0.25, -0.2) is 8.42 Å². The van der Waals surface area contributed by atoms with E-state index in [1.807, 2.05) is 17.9 Å². The van der Waals surface area contributed by atoms with Crippen molar-refractivity contribution in [3.8, 4) is 11.5 Å². The second-order valence-electron chi connectivity index (χ2n) is 6.25. The molecule has 1 amide bonds. The minimum atomic E-state index is -3.11. The Hall–Kier alpha value is -1.74. The highest BCUT2D eigenvalue weighted by atomic mass is 32.2. The molecule has 142 valence electrons. The standard InChI is InChI=1S/C17H22N2O5S2/c1-4-5-16(20)18-17-19(13-9-26(21,22)10-15(13)25-17)12-7-6-11(23-2)8-14(12)24-3/h6-8,13,15H,4-5,9-10H2,1-3H3/t13-,15-/m0/s1. The molecule has 2 fully saturated rings. The normalized spacial score (nSPS) is 25.3. The number of sulfone groups is 1. The molecular formula is C17H22N2O5S2. The Bertz CT molecular complexity index is 838. The molecule has 3 rings (SSSR count). The van der Waals surface area contributed by atoms with Gasteiger partial charge in [0.25, 0.3) is 0 Å². The molecule has 0 aliphatic carbocycles. The lowest BCUT2D eigenvalue weighted by Crippen LogP contribution is -2.38. The zero-order valence-electron chi connectivity index (χ0n) is 15.0. The first-order valence-corrected chi connectivity index (χ1v) is 11.1. The third-order valence-electron chi connectivity index (χ3n) is 4.40. The van der Waals surface area contributed by atoms with Crippen molar-refractivity contribution in [1.29, 1.82) is 0 Å². The van der Waals surface area contributed by atoms with Crippen molar-refractivity contribution >= 4 is 38.4 Å². The van der Waals surface area contributed by atoms with Crippen LogP contribution in [0.25, 0.3) is 0 Å². The summed E-state index contributed by atoms with van der Waals surface area (Å²) in [6.45, 7) is 1.92. The lowest BCUT2D eigenvalue weighted by Gasteiger charge is -2.26. The number of carbonyl (C=O) groups excluding carboxylic acids is 1. The summed E-state index contributed by atoms with van der Waals surface area (Å²) in [5.74, 6) is 1.12. The lowest BCUT2D eigenvalue weighted by atomic mass is 10.2. The smallest absolute Gasteiger partial charge is 0.248 e. The Morgan fingerprint density at radius 2 is 2.08 bits per heavy atom. The van der Waals surface area contributed by atoms with Gasteiger partial charge < -0.3 is 14.4 Å².